The average molecular weight is 375 g/mol. The van der Waals surface area contributed by atoms with E-state index in [0.717, 1.165) is 24.1 Å². The van der Waals surface area contributed by atoms with Crippen molar-refractivity contribution in [2.24, 2.45) is 0 Å². The predicted octanol–water partition coefficient (Wildman–Crippen LogP) is 3.38. The first-order chi connectivity index (χ1) is 12.4. The summed E-state index contributed by atoms with van der Waals surface area (Å²) in [6, 6.07) is 8.29. The molecule has 1 aliphatic rings. The predicted molar refractivity (Wildman–Crippen MR) is 108 cm³/mol. The lowest BCUT2D eigenvalue weighted by Crippen LogP contribution is -2.18. The second-order valence-electron chi connectivity index (χ2n) is 6.94. The van der Waals surface area contributed by atoms with Crippen molar-refractivity contribution in [3.05, 3.63) is 45.7 Å². The van der Waals surface area contributed by atoms with Crippen LogP contribution in [0.4, 0.5) is 11.5 Å². The number of aromatic nitrogens is 2. The van der Waals surface area contributed by atoms with Gasteiger partial charge in [0.15, 0.2) is 0 Å². The van der Waals surface area contributed by atoms with Crippen LogP contribution in [0.5, 0.6) is 0 Å². The van der Waals surface area contributed by atoms with Crippen molar-refractivity contribution in [2.45, 2.75) is 38.0 Å². The largest absolute Gasteiger partial charge is 0.378 e. The number of thioether (sulfide) groups is 1. The topological polar surface area (TPSA) is 70.1 Å². The molecule has 1 aromatic carbocycles. The van der Waals surface area contributed by atoms with Gasteiger partial charge in [0.2, 0.25) is 5.91 Å². The summed E-state index contributed by atoms with van der Waals surface area (Å²) in [5, 5.41) is 5.72. The van der Waals surface area contributed by atoms with Crippen molar-refractivity contribution in [1.82, 2.24) is 9.78 Å². The van der Waals surface area contributed by atoms with Gasteiger partial charge in [0, 0.05) is 25.8 Å². The third-order valence-corrected chi connectivity index (χ3v) is 5.99. The Morgan fingerprint density at radius 3 is 2.58 bits per heavy atom. The summed E-state index contributed by atoms with van der Waals surface area (Å²) in [4.78, 5) is 27.0. The molecule has 0 fully saturated rings. The van der Waals surface area contributed by atoms with Gasteiger partial charge >= 0.3 is 0 Å². The van der Waals surface area contributed by atoms with Crippen LogP contribution in [0.1, 0.15) is 49.1 Å². The number of hydrogen-bond donors (Lipinski definition) is 2. The first kappa shape index (κ1) is 18.6. The van der Waals surface area contributed by atoms with E-state index in [1.54, 1.807) is 0 Å². The highest BCUT2D eigenvalue weighted by molar-refractivity contribution is 8.00. The number of carbonyl (C=O) groups is 1. The van der Waals surface area contributed by atoms with Crippen LogP contribution >= 0.6 is 11.8 Å². The Morgan fingerprint density at radius 2 is 1.96 bits per heavy atom. The number of anilines is 2. The van der Waals surface area contributed by atoms with E-state index in [9.17, 15) is 9.59 Å². The molecule has 2 aromatic rings. The minimum Gasteiger partial charge on any atom is -0.378 e. The van der Waals surface area contributed by atoms with E-state index in [1.165, 1.54) is 11.8 Å². The van der Waals surface area contributed by atoms with Gasteiger partial charge in [-0.3, -0.25) is 19.4 Å². The van der Waals surface area contributed by atoms with Crippen LogP contribution in [0.2, 0.25) is 0 Å². The molecule has 0 saturated carbocycles. The van der Waals surface area contributed by atoms with E-state index in [1.807, 2.05) is 47.9 Å². The molecular weight excluding hydrogens is 348 g/mol. The zero-order chi connectivity index (χ0) is 18.8. The fraction of sp³-hybridized carbons (Fsp3) is 0.474. The lowest BCUT2D eigenvalue weighted by atomic mass is 10.1. The van der Waals surface area contributed by atoms with Gasteiger partial charge in [-0.25, -0.2) is 0 Å². The standard InChI is InChI=1S/C19H26N4O2S/c1-5-6-12(2)23-18-16(19(25)21-23)17(26-11-15(24)20-18)13-7-9-14(10-8-13)22(3)4/h7-10,12,17H,5-6,11H2,1-4H3,(H,20,24)(H,21,25)/t12-,17-/m1/s1. The molecule has 0 bridgehead atoms. The van der Waals surface area contributed by atoms with E-state index in [0.29, 0.717) is 17.1 Å². The summed E-state index contributed by atoms with van der Waals surface area (Å²) in [6.07, 6.45) is 1.94. The van der Waals surface area contributed by atoms with Gasteiger partial charge in [0.05, 0.1) is 16.6 Å². The molecule has 1 aliphatic heterocycles. The fourth-order valence-corrected chi connectivity index (χ4v) is 4.46. The van der Waals surface area contributed by atoms with E-state index in [-0.39, 0.29) is 22.8 Å². The Labute approximate surface area is 157 Å². The summed E-state index contributed by atoms with van der Waals surface area (Å²) in [5.74, 6) is 0.879. The summed E-state index contributed by atoms with van der Waals surface area (Å²) < 4.78 is 1.83. The number of amides is 1. The second-order valence-corrected chi connectivity index (χ2v) is 8.03. The second kappa shape index (κ2) is 7.61. The Kier molecular flexibility index (Phi) is 5.46. The van der Waals surface area contributed by atoms with Gasteiger partial charge in [-0.1, -0.05) is 25.5 Å². The van der Waals surface area contributed by atoms with Crippen LogP contribution in [0.25, 0.3) is 0 Å². The molecule has 0 unspecified atom stereocenters. The van der Waals surface area contributed by atoms with E-state index in [2.05, 4.69) is 24.3 Å². The third-order valence-electron chi connectivity index (χ3n) is 4.72. The van der Waals surface area contributed by atoms with Crippen molar-refractivity contribution >= 4 is 29.2 Å². The smallest absolute Gasteiger partial charge is 0.270 e. The summed E-state index contributed by atoms with van der Waals surface area (Å²) >= 11 is 1.50. The van der Waals surface area contributed by atoms with Gasteiger partial charge in [-0.15, -0.1) is 11.8 Å². The Morgan fingerprint density at radius 1 is 1.27 bits per heavy atom. The van der Waals surface area contributed by atoms with Crippen LogP contribution in [0.3, 0.4) is 0 Å². The maximum absolute atomic E-state index is 12.8. The van der Waals surface area contributed by atoms with Crippen LogP contribution in [0.15, 0.2) is 29.1 Å². The van der Waals surface area contributed by atoms with Crippen LogP contribution in [0, 0.1) is 0 Å². The molecule has 0 radical (unpaired) electrons. The maximum Gasteiger partial charge on any atom is 0.270 e. The summed E-state index contributed by atoms with van der Waals surface area (Å²) in [5.41, 5.74) is 2.65. The third kappa shape index (κ3) is 3.53. The molecule has 1 aromatic heterocycles. The monoisotopic (exact) mass is 374 g/mol. The van der Waals surface area contributed by atoms with Crippen LogP contribution in [-0.2, 0) is 4.79 Å². The zero-order valence-corrected chi connectivity index (χ0v) is 16.5. The first-order valence-corrected chi connectivity index (χ1v) is 10.00. The van der Waals surface area contributed by atoms with Crippen molar-refractivity contribution in [3.8, 4) is 0 Å². The SMILES string of the molecule is CCC[C@@H](C)n1[nH]c(=O)c2c1NC(=O)CS[C@@H]2c1ccc(N(C)C)cc1. The van der Waals surface area contributed by atoms with E-state index >= 15 is 0 Å². The Bertz CT molecular complexity index is 838. The number of carbonyl (C=O) groups excluding carboxylic acids is 1. The number of rotatable bonds is 5. The van der Waals surface area contributed by atoms with Crippen molar-refractivity contribution in [3.63, 3.8) is 0 Å². The molecule has 0 spiro atoms. The van der Waals surface area contributed by atoms with Crippen LogP contribution in [-0.4, -0.2) is 35.5 Å². The highest BCUT2D eigenvalue weighted by Gasteiger charge is 2.31. The molecule has 3 rings (SSSR count). The van der Waals surface area contributed by atoms with Crippen molar-refractivity contribution < 1.29 is 4.79 Å². The Balaban J connectivity index is 2.07. The minimum atomic E-state index is -0.168. The molecule has 2 heterocycles. The molecule has 140 valence electrons. The molecule has 1 amide bonds. The average Bonchev–Trinajstić information content (AvgIpc) is 2.82. The van der Waals surface area contributed by atoms with Crippen molar-refractivity contribution in [1.29, 1.82) is 0 Å². The molecular formula is C19H26N4O2S. The molecule has 0 saturated heterocycles. The molecule has 6 nitrogen and oxygen atoms in total. The normalized spacial score (nSPS) is 18.0. The van der Waals surface area contributed by atoms with Gasteiger partial charge in [-0.2, -0.15) is 0 Å². The van der Waals surface area contributed by atoms with Gasteiger partial charge in [0.1, 0.15) is 5.82 Å². The van der Waals surface area contributed by atoms with Crippen LogP contribution < -0.4 is 15.8 Å². The van der Waals surface area contributed by atoms with Crippen molar-refractivity contribution in [2.75, 3.05) is 30.1 Å². The minimum absolute atomic E-state index is 0.0693. The highest BCUT2D eigenvalue weighted by atomic mass is 32.2. The molecule has 2 atom stereocenters. The lowest BCUT2D eigenvalue weighted by Gasteiger charge is -2.18. The number of nitrogens with zero attached hydrogens (tertiary/aromatic N) is 2. The quantitative estimate of drug-likeness (QED) is 0.842. The van der Waals surface area contributed by atoms with Gasteiger partial charge < -0.3 is 10.2 Å². The molecule has 7 heteroatoms. The number of fused-ring (bicyclic) bond motifs is 1. The number of benzene rings is 1. The number of nitrogens with one attached hydrogen (secondary N) is 2. The Hall–Kier alpha value is -2.15. The summed E-state index contributed by atoms with van der Waals surface area (Å²) in [7, 11) is 3.99. The number of aromatic amines is 1. The number of H-pyrrole nitrogens is 1. The molecule has 26 heavy (non-hydrogen) atoms. The van der Waals surface area contributed by atoms with E-state index < -0.39 is 0 Å². The zero-order valence-electron chi connectivity index (χ0n) is 15.7. The first-order valence-electron chi connectivity index (χ1n) is 8.95. The summed E-state index contributed by atoms with van der Waals surface area (Å²) in [6.45, 7) is 4.17. The number of hydrogen-bond acceptors (Lipinski definition) is 4. The van der Waals surface area contributed by atoms with Gasteiger partial charge in [-0.05, 0) is 31.0 Å². The lowest BCUT2D eigenvalue weighted by molar-refractivity contribution is -0.113. The highest BCUT2D eigenvalue weighted by Crippen LogP contribution is 2.40. The molecule has 0 aliphatic carbocycles. The fourth-order valence-electron chi connectivity index (χ4n) is 3.33. The molecule has 2 N–H and O–H groups in total. The van der Waals surface area contributed by atoms with E-state index in [4.69, 9.17) is 0 Å². The van der Waals surface area contributed by atoms with Gasteiger partial charge in [0.25, 0.3) is 5.56 Å². The maximum atomic E-state index is 12.8.